The summed E-state index contributed by atoms with van der Waals surface area (Å²) in [5, 5.41) is 26.7. The molecule has 1 saturated carbocycles. The quantitative estimate of drug-likeness (QED) is 0.0244. The number of unbranched alkanes of at least 4 members (excludes halogenated alkanes) is 1. The molecule has 3 atom stereocenters. The van der Waals surface area contributed by atoms with Crippen LogP contribution in [0.15, 0.2) is 30.3 Å². The first-order chi connectivity index (χ1) is 36.4. The molecule has 10 N–H and O–H groups in total. The Morgan fingerprint density at radius 3 is 1.63 bits per heavy atom. The van der Waals surface area contributed by atoms with E-state index < -0.39 is 79.2 Å². The molecule has 1 aliphatic rings. The van der Waals surface area contributed by atoms with Gasteiger partial charge in [0.15, 0.2) is 0 Å². The van der Waals surface area contributed by atoms with Crippen molar-refractivity contribution in [3.63, 3.8) is 0 Å². The molecule has 0 aromatic heterocycles. The lowest BCUT2D eigenvalue weighted by atomic mass is 10.1. The first-order valence-electron chi connectivity index (χ1n) is 25.5. The van der Waals surface area contributed by atoms with Crippen molar-refractivity contribution in [3.8, 4) is 0 Å². The molecule has 7 amide bonds. The number of nitrogens with one attached hydrogen (secondary N) is 7. The minimum absolute atomic E-state index is 0.0329. The highest BCUT2D eigenvalue weighted by Crippen LogP contribution is 2.35. The van der Waals surface area contributed by atoms with Crippen molar-refractivity contribution in [2.45, 2.75) is 76.0 Å². The van der Waals surface area contributed by atoms with E-state index in [-0.39, 0.29) is 57.4 Å². The summed E-state index contributed by atoms with van der Waals surface area (Å²) in [5.41, 5.74) is 6.71. The average molecular weight is 1070 g/mol. The van der Waals surface area contributed by atoms with Crippen LogP contribution in [-0.4, -0.2) is 216 Å². The zero-order chi connectivity index (χ0) is 54.6. The standard InChI is InChI=1S/C49H82N8O18/c1-67-17-18-69-21-22-71-25-26-73-29-30-74-28-27-72-24-23-70-20-19-68-16-13-43(59)51-14-6-5-9-39(50)48(65)52-15-12-42(58)53-33-44(60)54-35-46(62)57-40(31-37-7-3-2-4-8-37)49(66)55-34-45(61)56-36-75-41(32-47(63)64)38-10-11-38/h2-4,7-8,38-41H,5-6,9-36,50H2,1H3,(H,51,59)(H,52,65)(H,53,58)(H,54,60)(H,55,66)(H,56,61)(H,57,62)(H,63,64)/t39-,40-,41-/m0/s1. The number of aliphatic carboxylic acids is 1. The van der Waals surface area contributed by atoms with Gasteiger partial charge in [0.1, 0.15) is 12.8 Å². The van der Waals surface area contributed by atoms with Crippen LogP contribution < -0.4 is 43.0 Å². The number of ether oxygens (including phenoxy) is 9. The third-order valence-electron chi connectivity index (χ3n) is 10.7. The van der Waals surface area contributed by atoms with Crippen LogP contribution in [0.1, 0.15) is 56.9 Å². The molecule has 0 unspecified atom stereocenters. The van der Waals surface area contributed by atoms with Crippen LogP contribution in [0.4, 0.5) is 0 Å². The number of amides is 7. The summed E-state index contributed by atoms with van der Waals surface area (Å²) in [5.74, 6) is -4.67. The van der Waals surface area contributed by atoms with Gasteiger partial charge in [-0.25, -0.2) is 0 Å². The number of benzene rings is 1. The Labute approximate surface area is 438 Å². The van der Waals surface area contributed by atoms with Crippen molar-refractivity contribution in [3.05, 3.63) is 35.9 Å². The average Bonchev–Trinajstić information content (AvgIpc) is 4.25. The smallest absolute Gasteiger partial charge is 0.305 e. The number of nitrogens with two attached hydrogens (primary N) is 1. The van der Waals surface area contributed by atoms with Gasteiger partial charge in [-0.15, -0.1) is 0 Å². The Bertz CT molecular complexity index is 1770. The molecule has 0 heterocycles. The molecule has 1 aromatic carbocycles. The second kappa shape index (κ2) is 43.8. The Hall–Kier alpha value is -5.42. The lowest BCUT2D eigenvalue weighted by Crippen LogP contribution is -2.52. The fraction of sp³-hybridized carbons (Fsp3) is 0.714. The van der Waals surface area contributed by atoms with E-state index in [2.05, 4.69) is 37.2 Å². The number of carboxylic acids is 1. The number of hydrogen-bond donors (Lipinski definition) is 9. The van der Waals surface area contributed by atoms with Gasteiger partial charge < -0.3 is 90.7 Å². The summed E-state index contributed by atoms with van der Waals surface area (Å²) in [6.45, 7) is 5.43. The van der Waals surface area contributed by atoms with Gasteiger partial charge in [0, 0.05) is 39.5 Å². The van der Waals surface area contributed by atoms with Crippen LogP contribution in [0.5, 0.6) is 0 Å². The summed E-state index contributed by atoms with van der Waals surface area (Å²) in [4.78, 5) is 98.6. The van der Waals surface area contributed by atoms with Crippen LogP contribution >= 0.6 is 0 Å². The van der Waals surface area contributed by atoms with Gasteiger partial charge in [-0.1, -0.05) is 30.3 Å². The molecule has 0 bridgehead atoms. The van der Waals surface area contributed by atoms with Crippen LogP contribution in [0.3, 0.4) is 0 Å². The topological polar surface area (TPSA) is 350 Å². The van der Waals surface area contributed by atoms with Crippen molar-refractivity contribution in [2.75, 3.05) is 146 Å². The van der Waals surface area contributed by atoms with Gasteiger partial charge in [0.25, 0.3) is 0 Å². The molecule has 1 fully saturated rings. The Morgan fingerprint density at radius 2 is 1.07 bits per heavy atom. The maximum Gasteiger partial charge on any atom is 0.305 e. The normalized spacial score (nSPS) is 13.2. The molecular formula is C49H82N8O18. The van der Waals surface area contributed by atoms with Gasteiger partial charge in [0.05, 0.1) is 137 Å². The van der Waals surface area contributed by atoms with Gasteiger partial charge in [-0.2, -0.15) is 0 Å². The SMILES string of the molecule is COCCOCCOCCOCCOCCOCCOCCOCCC(=O)NCCCC[C@H](N)C(=O)NCCC(=O)NCC(=O)NCC(=O)N[C@@H](Cc1ccccc1)C(=O)NCC(=O)NCO[C@@H](CC(=O)O)C1CC1. The first kappa shape index (κ1) is 65.7. The summed E-state index contributed by atoms with van der Waals surface area (Å²) in [6.07, 6.45) is 2.66. The fourth-order valence-corrected chi connectivity index (χ4v) is 6.49. The minimum atomic E-state index is -1.11. The Balaban J connectivity index is 1.43. The molecule has 0 saturated heterocycles. The lowest BCUT2D eigenvalue weighted by Gasteiger charge is -2.19. The molecule has 0 radical (unpaired) electrons. The molecule has 0 spiro atoms. The molecular weight excluding hydrogens is 989 g/mol. The number of hydrogen-bond acceptors (Lipinski definition) is 18. The molecule has 1 aliphatic carbocycles. The van der Waals surface area contributed by atoms with E-state index in [0.29, 0.717) is 124 Å². The molecule has 2 rings (SSSR count). The number of carboxylic acid groups (broad SMARTS) is 1. The van der Waals surface area contributed by atoms with E-state index in [4.69, 9.17) is 53.5 Å². The van der Waals surface area contributed by atoms with Crippen LogP contribution in [-0.2, 0) is 87.4 Å². The molecule has 75 heavy (non-hydrogen) atoms. The molecule has 26 nitrogen and oxygen atoms in total. The highest BCUT2D eigenvalue weighted by atomic mass is 16.6. The van der Waals surface area contributed by atoms with E-state index in [1.54, 1.807) is 37.4 Å². The predicted molar refractivity (Wildman–Crippen MR) is 269 cm³/mol. The zero-order valence-corrected chi connectivity index (χ0v) is 43.4. The first-order valence-corrected chi connectivity index (χ1v) is 25.5. The van der Waals surface area contributed by atoms with Crippen molar-refractivity contribution in [1.82, 2.24) is 37.2 Å². The van der Waals surface area contributed by atoms with Gasteiger partial charge >= 0.3 is 5.97 Å². The Morgan fingerprint density at radius 1 is 0.560 bits per heavy atom. The number of carbonyl (C=O) groups is 8. The van der Waals surface area contributed by atoms with E-state index >= 15 is 0 Å². The van der Waals surface area contributed by atoms with Gasteiger partial charge in [-0.3, -0.25) is 38.4 Å². The third kappa shape index (κ3) is 37.9. The van der Waals surface area contributed by atoms with Gasteiger partial charge in [0.2, 0.25) is 41.4 Å². The van der Waals surface area contributed by atoms with Crippen LogP contribution in [0.25, 0.3) is 0 Å². The number of methoxy groups -OCH3 is 1. The van der Waals surface area contributed by atoms with Crippen molar-refractivity contribution in [1.29, 1.82) is 0 Å². The highest BCUT2D eigenvalue weighted by Gasteiger charge is 2.33. The second-order valence-electron chi connectivity index (χ2n) is 17.0. The third-order valence-corrected chi connectivity index (χ3v) is 10.7. The summed E-state index contributed by atoms with van der Waals surface area (Å²) in [6, 6.07) is 6.87. The van der Waals surface area contributed by atoms with E-state index in [9.17, 15) is 38.4 Å². The van der Waals surface area contributed by atoms with Crippen LogP contribution in [0.2, 0.25) is 0 Å². The summed E-state index contributed by atoms with van der Waals surface area (Å²) >= 11 is 0. The van der Waals surface area contributed by atoms with E-state index in [0.717, 1.165) is 12.8 Å². The van der Waals surface area contributed by atoms with Crippen molar-refractivity contribution < 1.29 is 86.1 Å². The molecule has 426 valence electrons. The van der Waals surface area contributed by atoms with Crippen LogP contribution in [0, 0.1) is 5.92 Å². The maximum absolute atomic E-state index is 13.1. The fourth-order valence-electron chi connectivity index (χ4n) is 6.49. The maximum atomic E-state index is 13.1. The monoisotopic (exact) mass is 1070 g/mol. The zero-order valence-electron chi connectivity index (χ0n) is 43.4. The molecule has 1 aromatic rings. The Kier molecular flexibility index (Phi) is 38.3. The van der Waals surface area contributed by atoms with Crippen molar-refractivity contribution in [2.24, 2.45) is 11.7 Å². The molecule has 26 heteroatoms. The van der Waals surface area contributed by atoms with E-state index in [1.807, 2.05) is 0 Å². The minimum Gasteiger partial charge on any atom is -0.481 e. The van der Waals surface area contributed by atoms with Gasteiger partial charge in [-0.05, 0) is 43.6 Å². The molecule has 0 aliphatic heterocycles. The largest absolute Gasteiger partial charge is 0.481 e. The number of rotatable bonds is 49. The van der Waals surface area contributed by atoms with E-state index in [1.165, 1.54) is 0 Å². The lowest BCUT2D eigenvalue weighted by molar-refractivity contribution is -0.141. The predicted octanol–water partition coefficient (Wildman–Crippen LogP) is -2.32. The highest BCUT2D eigenvalue weighted by molar-refractivity contribution is 5.93. The summed E-state index contributed by atoms with van der Waals surface area (Å²) in [7, 11) is 1.63. The number of carbonyl (C=O) groups excluding carboxylic acids is 7. The summed E-state index contributed by atoms with van der Waals surface area (Å²) < 4.78 is 48.4. The second-order valence-corrected chi connectivity index (χ2v) is 17.0. The van der Waals surface area contributed by atoms with Crippen molar-refractivity contribution >= 4 is 47.3 Å².